The number of fused-ring (bicyclic) bond motifs is 1. The number of hydrogen-bond acceptors (Lipinski definition) is 7. The Hall–Kier alpha value is -4.01. The fourth-order valence-electron chi connectivity index (χ4n) is 4.56. The van der Waals surface area contributed by atoms with Crippen molar-refractivity contribution in [1.82, 2.24) is 15.2 Å². The third-order valence-corrected chi connectivity index (χ3v) is 6.34. The van der Waals surface area contributed by atoms with Crippen LogP contribution < -0.4 is 19.3 Å². The smallest absolute Gasteiger partial charge is 0.162 e. The molecule has 0 saturated carbocycles. The Morgan fingerprint density at radius 1 is 0.857 bits per heavy atom. The van der Waals surface area contributed by atoms with Crippen LogP contribution in [-0.4, -0.2) is 55.6 Å². The second kappa shape index (κ2) is 9.32. The molecule has 4 aromatic rings. The molecule has 0 amide bonds. The van der Waals surface area contributed by atoms with Crippen LogP contribution in [0.2, 0.25) is 0 Å². The lowest BCUT2D eigenvalue weighted by atomic mass is 10.0. The summed E-state index contributed by atoms with van der Waals surface area (Å²) in [5.74, 6) is 0.990. The van der Waals surface area contributed by atoms with E-state index in [4.69, 9.17) is 14.5 Å². The Morgan fingerprint density at radius 2 is 1.57 bits per heavy atom. The van der Waals surface area contributed by atoms with Crippen LogP contribution in [-0.2, 0) is 0 Å². The minimum Gasteiger partial charge on any atom is -0.493 e. The lowest BCUT2D eigenvalue weighted by Gasteiger charge is -2.37. The van der Waals surface area contributed by atoms with E-state index in [9.17, 15) is 8.78 Å². The number of rotatable bonds is 5. The third kappa shape index (κ3) is 4.29. The molecule has 0 bridgehead atoms. The second-order valence-corrected chi connectivity index (χ2v) is 8.42. The molecule has 1 saturated heterocycles. The van der Waals surface area contributed by atoms with Crippen LogP contribution >= 0.6 is 0 Å². The van der Waals surface area contributed by atoms with Gasteiger partial charge in [-0.05, 0) is 36.8 Å². The van der Waals surface area contributed by atoms with Gasteiger partial charge in [-0.25, -0.2) is 13.8 Å². The van der Waals surface area contributed by atoms with Gasteiger partial charge in [0, 0.05) is 61.0 Å². The quantitative estimate of drug-likeness (QED) is 0.416. The van der Waals surface area contributed by atoms with Crippen molar-refractivity contribution >= 4 is 22.4 Å². The summed E-state index contributed by atoms with van der Waals surface area (Å²) in [4.78, 5) is 8.89. The van der Waals surface area contributed by atoms with Gasteiger partial charge in [0.25, 0.3) is 0 Å². The van der Waals surface area contributed by atoms with Crippen LogP contribution in [0.1, 0.15) is 5.56 Å². The minimum absolute atomic E-state index is 0.426. The zero-order chi connectivity index (χ0) is 24.5. The number of nitrogens with zero attached hydrogens (tertiary/aromatic N) is 5. The fraction of sp³-hybridized carbons (Fsp3) is 0.269. The maximum Gasteiger partial charge on any atom is 0.162 e. The van der Waals surface area contributed by atoms with Gasteiger partial charge in [0.1, 0.15) is 17.5 Å². The number of ether oxygens (including phenoxy) is 2. The van der Waals surface area contributed by atoms with Crippen molar-refractivity contribution in [3.05, 3.63) is 66.0 Å². The SMILES string of the molecule is COc1cc2nncc(-c3cnc(N4CCN(c5ccc(F)cc5F)CC4)c(C)c3)c2cc1OC. The second-order valence-electron chi connectivity index (χ2n) is 8.42. The van der Waals surface area contributed by atoms with Crippen LogP contribution in [0.3, 0.4) is 0 Å². The molecule has 7 nitrogen and oxygen atoms in total. The average molecular weight is 478 g/mol. The Morgan fingerprint density at radius 3 is 2.26 bits per heavy atom. The van der Waals surface area contributed by atoms with E-state index in [1.54, 1.807) is 20.4 Å². The highest BCUT2D eigenvalue weighted by Crippen LogP contribution is 2.36. The van der Waals surface area contributed by atoms with Gasteiger partial charge in [-0.15, -0.1) is 0 Å². The molecule has 5 rings (SSSR count). The topological polar surface area (TPSA) is 63.6 Å². The molecular formula is C26H25F2N5O2. The van der Waals surface area contributed by atoms with Crippen molar-refractivity contribution in [3.63, 3.8) is 0 Å². The van der Waals surface area contributed by atoms with Crippen molar-refractivity contribution in [2.45, 2.75) is 6.92 Å². The predicted octanol–water partition coefficient (Wildman–Crippen LogP) is 4.62. The van der Waals surface area contributed by atoms with Gasteiger partial charge in [0.2, 0.25) is 0 Å². The summed E-state index contributed by atoms with van der Waals surface area (Å²) in [5.41, 5.74) is 3.97. The molecule has 1 fully saturated rings. The molecule has 35 heavy (non-hydrogen) atoms. The van der Waals surface area contributed by atoms with E-state index < -0.39 is 11.6 Å². The van der Waals surface area contributed by atoms with E-state index in [1.165, 1.54) is 12.1 Å². The van der Waals surface area contributed by atoms with Gasteiger partial charge in [0.15, 0.2) is 11.5 Å². The molecule has 2 aromatic heterocycles. The molecule has 3 heterocycles. The number of methoxy groups -OCH3 is 2. The Bertz CT molecular complexity index is 1390. The molecule has 2 aromatic carbocycles. The molecule has 0 atom stereocenters. The lowest BCUT2D eigenvalue weighted by molar-refractivity contribution is 0.356. The maximum atomic E-state index is 14.2. The normalized spacial score (nSPS) is 13.9. The molecule has 1 aliphatic rings. The van der Waals surface area contributed by atoms with Crippen molar-refractivity contribution < 1.29 is 18.3 Å². The van der Waals surface area contributed by atoms with Crippen LogP contribution in [0.25, 0.3) is 22.0 Å². The number of benzene rings is 2. The number of aromatic nitrogens is 3. The lowest BCUT2D eigenvalue weighted by Crippen LogP contribution is -2.47. The van der Waals surface area contributed by atoms with Gasteiger partial charge >= 0.3 is 0 Å². The zero-order valence-electron chi connectivity index (χ0n) is 19.8. The summed E-state index contributed by atoms with van der Waals surface area (Å²) < 4.78 is 38.3. The number of anilines is 2. The van der Waals surface area contributed by atoms with E-state index in [-0.39, 0.29) is 0 Å². The summed E-state index contributed by atoms with van der Waals surface area (Å²) >= 11 is 0. The molecule has 1 aliphatic heterocycles. The maximum absolute atomic E-state index is 14.2. The molecule has 9 heteroatoms. The number of aryl methyl sites for hydroxylation is 1. The van der Waals surface area contributed by atoms with Crippen molar-refractivity contribution in [1.29, 1.82) is 0 Å². The van der Waals surface area contributed by atoms with Crippen LogP contribution in [0.5, 0.6) is 11.5 Å². The van der Waals surface area contributed by atoms with Crippen molar-refractivity contribution in [2.75, 3.05) is 50.2 Å². The summed E-state index contributed by atoms with van der Waals surface area (Å²) in [7, 11) is 3.19. The van der Waals surface area contributed by atoms with Gasteiger partial charge in [-0.1, -0.05) is 0 Å². The monoisotopic (exact) mass is 477 g/mol. The van der Waals surface area contributed by atoms with E-state index >= 15 is 0 Å². The van der Waals surface area contributed by atoms with Crippen LogP contribution in [0, 0.1) is 18.6 Å². The molecule has 0 aliphatic carbocycles. The van der Waals surface area contributed by atoms with Crippen LogP contribution in [0.4, 0.5) is 20.3 Å². The highest BCUT2D eigenvalue weighted by atomic mass is 19.1. The summed E-state index contributed by atoms with van der Waals surface area (Å²) in [5, 5.41) is 9.30. The zero-order valence-corrected chi connectivity index (χ0v) is 19.8. The van der Waals surface area contributed by atoms with E-state index in [0.29, 0.717) is 48.9 Å². The van der Waals surface area contributed by atoms with Crippen molar-refractivity contribution in [2.24, 2.45) is 0 Å². The molecule has 0 unspecified atom stereocenters. The number of pyridine rings is 1. The molecule has 0 radical (unpaired) electrons. The third-order valence-electron chi connectivity index (χ3n) is 6.34. The van der Waals surface area contributed by atoms with Gasteiger partial charge in [-0.2, -0.15) is 10.2 Å². The molecule has 0 spiro atoms. The van der Waals surface area contributed by atoms with E-state index in [0.717, 1.165) is 34.0 Å². The van der Waals surface area contributed by atoms with Crippen molar-refractivity contribution in [3.8, 4) is 22.6 Å². The Labute approximate surface area is 201 Å². The van der Waals surface area contributed by atoms with Gasteiger partial charge in [0.05, 0.1) is 31.6 Å². The number of hydrogen-bond donors (Lipinski definition) is 0. The summed E-state index contributed by atoms with van der Waals surface area (Å²) in [6.45, 7) is 4.62. The molecule has 180 valence electrons. The van der Waals surface area contributed by atoms with Crippen LogP contribution in [0.15, 0.2) is 48.8 Å². The van der Waals surface area contributed by atoms with Gasteiger partial charge in [-0.3, -0.25) is 0 Å². The first-order chi connectivity index (χ1) is 17.0. The fourth-order valence-corrected chi connectivity index (χ4v) is 4.56. The number of piperazine rings is 1. The Kier molecular flexibility index (Phi) is 6.07. The average Bonchev–Trinajstić information content (AvgIpc) is 2.87. The first kappa shape index (κ1) is 22.8. The first-order valence-electron chi connectivity index (χ1n) is 11.3. The Balaban J connectivity index is 1.39. The van der Waals surface area contributed by atoms with E-state index in [2.05, 4.69) is 21.2 Å². The van der Waals surface area contributed by atoms with E-state index in [1.807, 2.05) is 30.2 Å². The molecule has 0 N–H and O–H groups in total. The summed E-state index contributed by atoms with van der Waals surface area (Å²) in [6.07, 6.45) is 3.56. The molecular weight excluding hydrogens is 452 g/mol. The van der Waals surface area contributed by atoms with Gasteiger partial charge < -0.3 is 19.3 Å². The largest absolute Gasteiger partial charge is 0.493 e. The highest BCUT2D eigenvalue weighted by molar-refractivity contribution is 5.95. The first-order valence-corrected chi connectivity index (χ1v) is 11.3. The number of halogens is 2. The highest BCUT2D eigenvalue weighted by Gasteiger charge is 2.22. The standard InChI is InChI=1S/C26H25F2N5O2/c1-16-10-17(20-15-30-31-22-13-25(35-3)24(34-2)12-19(20)22)14-29-26(16)33-8-6-32(7-9-33)23-5-4-18(27)11-21(23)28/h4-5,10-15H,6-9H2,1-3H3. The minimum atomic E-state index is -0.570. The summed E-state index contributed by atoms with van der Waals surface area (Å²) in [6, 6.07) is 9.50. The predicted molar refractivity (Wildman–Crippen MR) is 131 cm³/mol.